The van der Waals surface area contributed by atoms with Crippen LogP contribution in [-0.4, -0.2) is 23.0 Å². The van der Waals surface area contributed by atoms with Crippen LogP contribution in [0.25, 0.3) is 10.9 Å². The number of hydrogen-bond acceptors (Lipinski definition) is 4. The molecule has 0 bridgehead atoms. The second-order valence-corrected chi connectivity index (χ2v) is 7.02. The van der Waals surface area contributed by atoms with E-state index in [0.29, 0.717) is 27.2 Å². The van der Waals surface area contributed by atoms with Gasteiger partial charge in [-0.3, -0.25) is 9.59 Å². The first kappa shape index (κ1) is 19.6. The second kappa shape index (κ2) is 7.86. The molecule has 0 aliphatic heterocycles. The second-order valence-electron chi connectivity index (χ2n) is 6.61. The zero-order valence-electron chi connectivity index (χ0n) is 15.6. The van der Waals surface area contributed by atoms with Crippen LogP contribution in [0.3, 0.4) is 0 Å². The van der Waals surface area contributed by atoms with Crippen LogP contribution in [0, 0.1) is 6.92 Å². The van der Waals surface area contributed by atoms with E-state index in [9.17, 15) is 14.4 Å². The number of rotatable bonds is 4. The van der Waals surface area contributed by atoms with E-state index >= 15 is 0 Å². The highest BCUT2D eigenvalue weighted by atomic mass is 35.5. The molecule has 3 rings (SSSR count). The number of benzene rings is 2. The zero-order valence-corrected chi connectivity index (χ0v) is 16.4. The minimum Gasteiger partial charge on any atom is -0.459 e. The minimum atomic E-state index is -0.548. The summed E-state index contributed by atoms with van der Waals surface area (Å²) in [6, 6.07) is 9.48. The van der Waals surface area contributed by atoms with E-state index in [2.05, 4.69) is 10.3 Å². The number of H-pyrrole nitrogens is 1. The van der Waals surface area contributed by atoms with E-state index in [0.717, 1.165) is 5.56 Å². The number of aryl methyl sites for hydroxylation is 1. The summed E-state index contributed by atoms with van der Waals surface area (Å²) >= 11 is 6.08. The molecule has 6 nitrogen and oxygen atoms in total. The fourth-order valence-corrected chi connectivity index (χ4v) is 2.91. The Morgan fingerprint density at radius 2 is 1.79 bits per heavy atom. The van der Waals surface area contributed by atoms with E-state index in [-0.39, 0.29) is 17.1 Å². The van der Waals surface area contributed by atoms with Gasteiger partial charge in [-0.05, 0) is 62.7 Å². The van der Waals surface area contributed by atoms with Gasteiger partial charge in [0.05, 0.1) is 17.2 Å². The molecule has 3 aromatic rings. The fourth-order valence-electron chi connectivity index (χ4n) is 2.76. The topological polar surface area (TPSA) is 88.3 Å². The Hall–Kier alpha value is -3.12. The molecule has 0 saturated carbocycles. The Labute approximate surface area is 166 Å². The standard InChI is InChI=1S/C21H19ClN2O4/c1-11(2)28-21(27)13-4-6-14(7-5-13)24-20(26)16-10-23-18-12(3)17(22)9-8-15(18)19(16)25/h4-11H,1-3H3,(H,23,25)(H,24,26). The summed E-state index contributed by atoms with van der Waals surface area (Å²) in [5.41, 5.74) is 1.77. The highest BCUT2D eigenvalue weighted by Crippen LogP contribution is 2.22. The third kappa shape index (κ3) is 3.92. The van der Waals surface area contributed by atoms with E-state index in [1.165, 1.54) is 6.20 Å². The summed E-state index contributed by atoms with van der Waals surface area (Å²) in [6.45, 7) is 5.33. The van der Waals surface area contributed by atoms with Crippen molar-refractivity contribution in [1.29, 1.82) is 0 Å². The lowest BCUT2D eigenvalue weighted by atomic mass is 10.1. The van der Waals surface area contributed by atoms with Gasteiger partial charge in [-0.1, -0.05) is 11.6 Å². The van der Waals surface area contributed by atoms with Crippen LogP contribution < -0.4 is 10.7 Å². The molecule has 1 aromatic heterocycles. The number of nitrogens with one attached hydrogen (secondary N) is 2. The molecule has 144 valence electrons. The maximum Gasteiger partial charge on any atom is 0.338 e. The van der Waals surface area contributed by atoms with Crippen molar-refractivity contribution < 1.29 is 14.3 Å². The summed E-state index contributed by atoms with van der Waals surface area (Å²) in [5.74, 6) is -0.985. The van der Waals surface area contributed by atoms with Crippen molar-refractivity contribution >= 4 is 40.1 Å². The molecule has 1 heterocycles. The number of anilines is 1. The first-order chi connectivity index (χ1) is 13.3. The Kier molecular flexibility index (Phi) is 5.51. The highest BCUT2D eigenvalue weighted by Gasteiger charge is 2.15. The van der Waals surface area contributed by atoms with Crippen molar-refractivity contribution in [2.75, 3.05) is 5.32 Å². The monoisotopic (exact) mass is 398 g/mol. The number of fused-ring (bicyclic) bond motifs is 1. The molecule has 28 heavy (non-hydrogen) atoms. The van der Waals surface area contributed by atoms with Gasteiger partial charge in [0.1, 0.15) is 5.56 Å². The summed E-state index contributed by atoms with van der Waals surface area (Å²) in [4.78, 5) is 40.1. The van der Waals surface area contributed by atoms with Crippen LogP contribution in [0.1, 0.15) is 40.1 Å². The van der Waals surface area contributed by atoms with E-state index in [1.807, 2.05) is 0 Å². The molecule has 0 unspecified atom stereocenters. The number of esters is 1. The molecule has 0 spiro atoms. The SMILES string of the molecule is Cc1c(Cl)ccc2c(=O)c(C(=O)Nc3ccc(C(=O)OC(C)C)cc3)c[nH]c12. The van der Waals surface area contributed by atoms with Crippen molar-refractivity contribution in [3.05, 3.63) is 74.5 Å². The fraction of sp³-hybridized carbons (Fsp3) is 0.190. The van der Waals surface area contributed by atoms with Crippen LogP contribution >= 0.6 is 11.6 Å². The van der Waals surface area contributed by atoms with Crippen molar-refractivity contribution in [3.8, 4) is 0 Å². The number of amides is 1. The van der Waals surface area contributed by atoms with E-state index in [4.69, 9.17) is 16.3 Å². The predicted molar refractivity (Wildman–Crippen MR) is 109 cm³/mol. The lowest BCUT2D eigenvalue weighted by molar-refractivity contribution is 0.0378. The van der Waals surface area contributed by atoms with Gasteiger partial charge in [-0.2, -0.15) is 0 Å². The van der Waals surface area contributed by atoms with Crippen LogP contribution in [0.4, 0.5) is 5.69 Å². The Bertz CT molecular complexity index is 1120. The summed E-state index contributed by atoms with van der Waals surface area (Å²) in [6.07, 6.45) is 1.16. The number of aromatic nitrogens is 1. The smallest absolute Gasteiger partial charge is 0.338 e. The van der Waals surface area contributed by atoms with Gasteiger partial charge >= 0.3 is 5.97 Å². The van der Waals surface area contributed by atoms with Gasteiger partial charge < -0.3 is 15.0 Å². The zero-order chi connectivity index (χ0) is 20.4. The number of halogens is 1. The molecule has 0 aliphatic carbocycles. The highest BCUT2D eigenvalue weighted by molar-refractivity contribution is 6.32. The van der Waals surface area contributed by atoms with Gasteiger partial charge in [0.15, 0.2) is 0 Å². The molecular formula is C21H19ClN2O4. The van der Waals surface area contributed by atoms with Crippen LogP contribution in [0.5, 0.6) is 0 Å². The van der Waals surface area contributed by atoms with E-state index < -0.39 is 11.9 Å². The van der Waals surface area contributed by atoms with Crippen LogP contribution in [0.2, 0.25) is 5.02 Å². The van der Waals surface area contributed by atoms with E-state index in [1.54, 1.807) is 57.2 Å². The van der Waals surface area contributed by atoms with Gasteiger partial charge in [0, 0.05) is 22.3 Å². The largest absolute Gasteiger partial charge is 0.459 e. The molecule has 2 aromatic carbocycles. The van der Waals surface area contributed by atoms with Crippen molar-refractivity contribution in [1.82, 2.24) is 4.98 Å². The molecular weight excluding hydrogens is 380 g/mol. The number of ether oxygens (including phenoxy) is 1. The Balaban J connectivity index is 1.83. The summed E-state index contributed by atoms with van der Waals surface area (Å²) in [5, 5.41) is 3.59. The van der Waals surface area contributed by atoms with Crippen molar-refractivity contribution in [2.45, 2.75) is 26.9 Å². The first-order valence-corrected chi connectivity index (χ1v) is 9.08. The molecule has 2 N–H and O–H groups in total. The molecule has 1 amide bonds. The summed E-state index contributed by atoms with van der Waals surface area (Å²) in [7, 11) is 0. The number of hydrogen-bond donors (Lipinski definition) is 2. The first-order valence-electron chi connectivity index (χ1n) is 8.71. The van der Waals surface area contributed by atoms with Gasteiger partial charge in [-0.15, -0.1) is 0 Å². The lowest BCUT2D eigenvalue weighted by Gasteiger charge is -2.10. The molecule has 0 aliphatic rings. The predicted octanol–water partition coefficient (Wildman–Crippen LogP) is 4.31. The number of carbonyl (C=O) groups excluding carboxylic acids is 2. The lowest BCUT2D eigenvalue weighted by Crippen LogP contribution is -2.22. The number of aromatic amines is 1. The quantitative estimate of drug-likeness (QED) is 0.641. The van der Waals surface area contributed by atoms with Crippen LogP contribution in [-0.2, 0) is 4.74 Å². The molecule has 0 atom stereocenters. The average molecular weight is 399 g/mol. The average Bonchev–Trinajstić information content (AvgIpc) is 2.65. The third-order valence-electron chi connectivity index (χ3n) is 4.21. The summed E-state index contributed by atoms with van der Waals surface area (Å²) < 4.78 is 5.12. The maximum absolute atomic E-state index is 12.7. The van der Waals surface area contributed by atoms with Crippen LogP contribution in [0.15, 0.2) is 47.4 Å². The van der Waals surface area contributed by atoms with Crippen molar-refractivity contribution in [2.24, 2.45) is 0 Å². The molecule has 0 radical (unpaired) electrons. The minimum absolute atomic E-state index is 0.0162. The maximum atomic E-state index is 12.7. The third-order valence-corrected chi connectivity index (χ3v) is 4.62. The van der Waals surface area contributed by atoms with Crippen molar-refractivity contribution in [3.63, 3.8) is 0 Å². The van der Waals surface area contributed by atoms with Gasteiger partial charge in [0.25, 0.3) is 5.91 Å². The van der Waals surface area contributed by atoms with Gasteiger partial charge in [0.2, 0.25) is 5.43 Å². The Morgan fingerprint density at radius 3 is 2.43 bits per heavy atom. The Morgan fingerprint density at radius 1 is 1.11 bits per heavy atom. The molecule has 7 heteroatoms. The molecule has 0 saturated heterocycles. The molecule has 0 fully saturated rings. The normalized spacial score (nSPS) is 10.9. The number of carbonyl (C=O) groups is 2. The number of pyridine rings is 1. The van der Waals surface area contributed by atoms with Gasteiger partial charge in [-0.25, -0.2) is 4.79 Å².